The highest BCUT2D eigenvalue weighted by Crippen LogP contribution is 2.35. The summed E-state index contributed by atoms with van der Waals surface area (Å²) in [6.07, 6.45) is 0. The molecule has 1 aromatic heterocycles. The number of nitrogens with zero attached hydrogens (tertiary/aromatic N) is 2. The standard InChI is InChI=1S/C23H18N2O6S2/c1-3-32(26,27)17-9-11-21-19(13-17)25-23(30-21)18-12-15(2)8-10-20(18)31-33(28,29)22-7-5-4-6-16(22)14-24/h4-13H,3H2,1-2H3. The van der Waals surface area contributed by atoms with Crippen LogP contribution in [0.2, 0.25) is 0 Å². The van der Waals surface area contributed by atoms with Crippen LogP contribution in [0.3, 0.4) is 0 Å². The number of rotatable bonds is 6. The average molecular weight is 483 g/mol. The second-order valence-electron chi connectivity index (χ2n) is 7.20. The number of nitriles is 1. The largest absolute Gasteiger partial charge is 0.436 e. The highest BCUT2D eigenvalue weighted by molar-refractivity contribution is 7.91. The van der Waals surface area contributed by atoms with E-state index in [0.29, 0.717) is 11.1 Å². The molecule has 0 fully saturated rings. The molecule has 0 aliphatic rings. The molecule has 1 heterocycles. The Morgan fingerprint density at radius 2 is 1.79 bits per heavy atom. The van der Waals surface area contributed by atoms with Crippen molar-refractivity contribution < 1.29 is 25.4 Å². The third kappa shape index (κ3) is 4.33. The van der Waals surface area contributed by atoms with Gasteiger partial charge < -0.3 is 8.60 Å². The predicted octanol–water partition coefficient (Wildman–Crippen LogP) is 4.24. The first-order chi connectivity index (χ1) is 15.6. The molecule has 0 saturated heterocycles. The van der Waals surface area contributed by atoms with E-state index in [4.69, 9.17) is 8.60 Å². The number of aromatic nitrogens is 1. The summed E-state index contributed by atoms with van der Waals surface area (Å²) in [6, 6.07) is 16.7. The molecule has 3 aromatic carbocycles. The molecule has 0 spiro atoms. The molecule has 4 aromatic rings. The normalized spacial score (nSPS) is 11.9. The van der Waals surface area contributed by atoms with Crippen LogP contribution in [-0.2, 0) is 20.0 Å². The lowest BCUT2D eigenvalue weighted by Gasteiger charge is -2.11. The zero-order valence-electron chi connectivity index (χ0n) is 17.6. The van der Waals surface area contributed by atoms with Crippen LogP contribution in [0.1, 0.15) is 18.1 Å². The Balaban J connectivity index is 1.81. The topological polar surface area (TPSA) is 127 Å². The van der Waals surface area contributed by atoms with Gasteiger partial charge in [0.05, 0.1) is 21.8 Å². The monoisotopic (exact) mass is 482 g/mol. The molecule has 0 bridgehead atoms. The molecule has 8 nitrogen and oxygen atoms in total. The molecule has 0 aliphatic carbocycles. The van der Waals surface area contributed by atoms with E-state index >= 15 is 0 Å². The second-order valence-corrected chi connectivity index (χ2v) is 11.0. The first-order valence-electron chi connectivity index (χ1n) is 9.82. The molecule has 0 amide bonds. The Morgan fingerprint density at radius 1 is 1.03 bits per heavy atom. The van der Waals surface area contributed by atoms with E-state index in [9.17, 15) is 22.1 Å². The van der Waals surface area contributed by atoms with Gasteiger partial charge in [0.25, 0.3) is 0 Å². The lowest BCUT2D eigenvalue weighted by atomic mass is 10.1. The van der Waals surface area contributed by atoms with Crippen molar-refractivity contribution in [1.82, 2.24) is 4.98 Å². The molecule has 0 aliphatic heterocycles. The Bertz CT molecular complexity index is 1630. The SMILES string of the molecule is CCS(=O)(=O)c1ccc2oc(-c3cc(C)ccc3OS(=O)(=O)c3ccccc3C#N)nc2c1. The van der Waals surface area contributed by atoms with Gasteiger partial charge in [-0.2, -0.15) is 13.7 Å². The Hall–Kier alpha value is -3.68. The van der Waals surface area contributed by atoms with Gasteiger partial charge in [-0.25, -0.2) is 13.4 Å². The lowest BCUT2D eigenvalue weighted by Crippen LogP contribution is -2.12. The third-order valence-corrected chi connectivity index (χ3v) is 7.97. The van der Waals surface area contributed by atoms with Gasteiger partial charge in [0.2, 0.25) is 5.89 Å². The number of oxazole rings is 1. The maximum Gasteiger partial charge on any atom is 0.340 e. The second kappa shape index (κ2) is 8.35. The molecule has 33 heavy (non-hydrogen) atoms. The lowest BCUT2D eigenvalue weighted by molar-refractivity contribution is 0.485. The molecule has 0 atom stereocenters. The quantitative estimate of drug-likeness (QED) is 0.373. The van der Waals surface area contributed by atoms with E-state index in [0.717, 1.165) is 5.56 Å². The summed E-state index contributed by atoms with van der Waals surface area (Å²) in [5, 5.41) is 9.26. The summed E-state index contributed by atoms with van der Waals surface area (Å²) >= 11 is 0. The average Bonchev–Trinajstić information content (AvgIpc) is 3.23. The highest BCUT2D eigenvalue weighted by atomic mass is 32.2. The van der Waals surface area contributed by atoms with Gasteiger partial charge in [0.1, 0.15) is 16.5 Å². The molecule has 0 N–H and O–H groups in total. The number of hydrogen-bond acceptors (Lipinski definition) is 8. The summed E-state index contributed by atoms with van der Waals surface area (Å²) < 4.78 is 61.4. The molecular weight excluding hydrogens is 464 g/mol. The summed E-state index contributed by atoms with van der Waals surface area (Å²) in [5.74, 6) is -0.0268. The maximum absolute atomic E-state index is 12.9. The van der Waals surface area contributed by atoms with Crippen molar-refractivity contribution in [3.05, 3.63) is 71.8 Å². The number of fused-ring (bicyclic) bond motifs is 1. The molecule has 0 radical (unpaired) electrons. The van der Waals surface area contributed by atoms with Crippen LogP contribution in [0.25, 0.3) is 22.6 Å². The molecule has 0 unspecified atom stereocenters. The van der Waals surface area contributed by atoms with Crippen molar-refractivity contribution in [2.75, 3.05) is 5.75 Å². The van der Waals surface area contributed by atoms with Gasteiger partial charge in [-0.1, -0.05) is 30.7 Å². The van der Waals surface area contributed by atoms with Crippen LogP contribution in [0, 0.1) is 18.3 Å². The molecular formula is C23H18N2O6S2. The van der Waals surface area contributed by atoms with Crippen LogP contribution in [0.5, 0.6) is 5.75 Å². The summed E-state index contributed by atoms with van der Waals surface area (Å²) in [7, 11) is -7.76. The third-order valence-electron chi connectivity index (χ3n) is 4.94. The van der Waals surface area contributed by atoms with Crippen molar-refractivity contribution in [2.24, 2.45) is 0 Å². The van der Waals surface area contributed by atoms with E-state index in [1.54, 1.807) is 32.0 Å². The maximum atomic E-state index is 12.9. The zero-order chi connectivity index (χ0) is 23.8. The van der Waals surface area contributed by atoms with E-state index in [2.05, 4.69) is 4.98 Å². The van der Waals surface area contributed by atoms with Gasteiger partial charge in [-0.05, 0) is 49.4 Å². The first-order valence-corrected chi connectivity index (χ1v) is 12.9. The van der Waals surface area contributed by atoms with E-state index in [1.807, 2.05) is 6.07 Å². The minimum absolute atomic E-state index is 0.0405. The van der Waals surface area contributed by atoms with E-state index < -0.39 is 20.0 Å². The Labute approximate surface area is 191 Å². The summed E-state index contributed by atoms with van der Waals surface area (Å²) in [5.41, 5.74) is 1.67. The predicted molar refractivity (Wildman–Crippen MR) is 121 cm³/mol. The van der Waals surface area contributed by atoms with Gasteiger partial charge in [0, 0.05) is 0 Å². The van der Waals surface area contributed by atoms with Crippen LogP contribution in [-0.4, -0.2) is 27.6 Å². The number of sulfone groups is 1. The fraction of sp³-hybridized carbons (Fsp3) is 0.130. The highest BCUT2D eigenvalue weighted by Gasteiger charge is 2.24. The summed E-state index contributed by atoms with van der Waals surface area (Å²) in [6.45, 7) is 3.36. The number of hydrogen-bond donors (Lipinski definition) is 0. The number of aryl methyl sites for hydroxylation is 1. The molecule has 168 valence electrons. The van der Waals surface area contributed by atoms with Gasteiger partial charge >= 0.3 is 10.1 Å². The smallest absolute Gasteiger partial charge is 0.340 e. The first kappa shape index (κ1) is 22.5. The van der Waals surface area contributed by atoms with Crippen molar-refractivity contribution in [2.45, 2.75) is 23.6 Å². The van der Waals surface area contributed by atoms with Gasteiger partial charge in [-0.15, -0.1) is 0 Å². The van der Waals surface area contributed by atoms with E-state index in [-0.39, 0.29) is 38.3 Å². The van der Waals surface area contributed by atoms with Crippen molar-refractivity contribution in [3.8, 4) is 23.3 Å². The zero-order valence-corrected chi connectivity index (χ0v) is 19.3. The molecule has 4 rings (SSSR count). The van der Waals surface area contributed by atoms with E-state index in [1.165, 1.54) is 42.5 Å². The minimum atomic E-state index is -4.33. The van der Waals surface area contributed by atoms with Crippen LogP contribution >= 0.6 is 0 Å². The Morgan fingerprint density at radius 3 is 2.52 bits per heavy atom. The van der Waals surface area contributed by atoms with Crippen LogP contribution < -0.4 is 4.18 Å². The summed E-state index contributed by atoms with van der Waals surface area (Å²) in [4.78, 5) is 4.23. The van der Waals surface area contributed by atoms with Crippen molar-refractivity contribution in [1.29, 1.82) is 5.26 Å². The van der Waals surface area contributed by atoms with Crippen LogP contribution in [0.15, 0.2) is 74.9 Å². The van der Waals surface area contributed by atoms with Gasteiger partial charge in [-0.3, -0.25) is 0 Å². The molecule has 0 saturated carbocycles. The van der Waals surface area contributed by atoms with Crippen molar-refractivity contribution in [3.63, 3.8) is 0 Å². The van der Waals surface area contributed by atoms with Gasteiger partial charge in [0.15, 0.2) is 21.2 Å². The Kier molecular flexibility index (Phi) is 5.69. The fourth-order valence-electron chi connectivity index (χ4n) is 3.21. The van der Waals surface area contributed by atoms with Crippen LogP contribution in [0.4, 0.5) is 0 Å². The minimum Gasteiger partial charge on any atom is -0.436 e. The number of benzene rings is 3. The van der Waals surface area contributed by atoms with Crippen molar-refractivity contribution >= 4 is 31.1 Å². The fourth-order valence-corrected chi connectivity index (χ4v) is 5.21. The molecule has 10 heteroatoms.